The van der Waals surface area contributed by atoms with Crippen LogP contribution in [0.5, 0.6) is 0 Å². The summed E-state index contributed by atoms with van der Waals surface area (Å²) in [5.74, 6) is 7.31. The van der Waals surface area contributed by atoms with Gasteiger partial charge in [0.15, 0.2) is 0 Å². The van der Waals surface area contributed by atoms with E-state index in [2.05, 4.69) is 47.6 Å². The molecule has 0 aromatic rings. The Morgan fingerprint density at radius 3 is 2.10 bits per heavy atom. The largest absolute Gasteiger partial charge is 0.446 e. The summed E-state index contributed by atoms with van der Waals surface area (Å²) >= 11 is 0. The number of hydrogen-bond donors (Lipinski definition) is 2. The Morgan fingerprint density at radius 2 is 1.53 bits per heavy atom. The lowest BCUT2D eigenvalue weighted by molar-refractivity contribution is -0.0596. The Labute approximate surface area is 313 Å². The first kappa shape index (κ1) is 41.3. The molecule has 7 heteroatoms. The van der Waals surface area contributed by atoms with Gasteiger partial charge in [-0.2, -0.15) is 0 Å². The number of carbonyl (C=O) groups is 1. The van der Waals surface area contributed by atoms with E-state index >= 15 is 0 Å². The number of nitrogens with zero attached hydrogens (tertiary/aromatic N) is 1. The average Bonchev–Trinajstić information content (AvgIpc) is 3.36. The summed E-state index contributed by atoms with van der Waals surface area (Å²) in [5.41, 5.74) is 14.5. The quantitative estimate of drug-likeness (QED) is 0.185. The molecule has 49 heavy (non-hydrogen) atoms. The number of rotatable bonds is 13. The number of allylic oxidation sites excluding steroid dienone is 1. The van der Waals surface area contributed by atoms with E-state index in [1.807, 2.05) is 4.90 Å². The first-order valence-corrected chi connectivity index (χ1v) is 20.6. The van der Waals surface area contributed by atoms with E-state index in [9.17, 15) is 4.79 Å². The maximum atomic E-state index is 13.7. The van der Waals surface area contributed by atoms with Gasteiger partial charge in [-0.15, -0.1) is 24.8 Å². The number of hydrogen-bond acceptors (Lipinski definition) is 4. The fourth-order valence-corrected chi connectivity index (χ4v) is 12.6. The molecule has 0 radical (unpaired) electrons. The molecule has 0 aromatic carbocycles. The number of amides is 1. The molecule has 1 amide bonds. The highest BCUT2D eigenvalue weighted by molar-refractivity contribution is 5.85. The highest BCUT2D eigenvalue weighted by Gasteiger charge is 2.59. The van der Waals surface area contributed by atoms with Crippen LogP contribution in [0.1, 0.15) is 151 Å². The van der Waals surface area contributed by atoms with Crippen molar-refractivity contribution < 1.29 is 9.53 Å². The summed E-state index contributed by atoms with van der Waals surface area (Å²) in [7, 11) is 0. The highest BCUT2D eigenvalue weighted by Crippen LogP contribution is 2.67. The zero-order valence-corrected chi connectivity index (χ0v) is 33.8. The Kier molecular flexibility index (Phi) is 14.4. The van der Waals surface area contributed by atoms with Crippen LogP contribution in [0.3, 0.4) is 0 Å². The van der Waals surface area contributed by atoms with E-state index in [0.717, 1.165) is 106 Å². The molecule has 6 aliphatic carbocycles. The topological polar surface area (TPSA) is 81.6 Å². The summed E-state index contributed by atoms with van der Waals surface area (Å²) in [6.07, 6.45) is 23.4. The molecule has 0 heterocycles. The molecule has 0 bridgehead atoms. The summed E-state index contributed by atoms with van der Waals surface area (Å²) in [4.78, 5) is 15.7. The van der Waals surface area contributed by atoms with Gasteiger partial charge in [0.25, 0.3) is 0 Å². The lowest BCUT2D eigenvalue weighted by Crippen LogP contribution is -2.51. The monoisotopic (exact) mass is 724 g/mol. The summed E-state index contributed by atoms with van der Waals surface area (Å²) in [5, 5.41) is 0. The van der Waals surface area contributed by atoms with Crippen molar-refractivity contribution in [1.29, 1.82) is 0 Å². The highest BCUT2D eigenvalue weighted by atomic mass is 35.5. The van der Waals surface area contributed by atoms with Gasteiger partial charge in [-0.3, -0.25) is 0 Å². The standard InChI is InChI=1S/C42H73N3O2.2ClH/c1-7-31(27(2)3)9-8-28(4)37-12-13-38-36-11-10-32-26-35(14-18-41(32,5)39(36)15-19-42(37,38)6)47-40(46)45(20-16-29-22-33(43)23-29)21-17-30-24-34(44)25-30;;/h10,27-31,33-39H,7-9,11-26,43-44H2,1-6H3;2*1H/t28?,29?,30?,31?,33?,34?,35-,36-,37+,38-,39-,41-,42+;;/m0../s1. The van der Waals surface area contributed by atoms with Crippen molar-refractivity contribution >= 4 is 30.9 Å². The van der Waals surface area contributed by atoms with E-state index in [1.54, 1.807) is 5.57 Å². The van der Waals surface area contributed by atoms with Crippen molar-refractivity contribution in [2.45, 2.75) is 169 Å². The fourth-order valence-electron chi connectivity index (χ4n) is 12.6. The van der Waals surface area contributed by atoms with Gasteiger partial charge in [0.05, 0.1) is 0 Å². The van der Waals surface area contributed by atoms with E-state index < -0.39 is 0 Å². The third-order valence-electron chi connectivity index (χ3n) is 16.0. The van der Waals surface area contributed by atoms with E-state index in [-0.39, 0.29) is 42.4 Å². The molecule has 5 saturated carbocycles. The van der Waals surface area contributed by atoms with E-state index in [0.29, 0.717) is 29.3 Å². The molecule has 6 rings (SSSR count). The maximum absolute atomic E-state index is 13.7. The van der Waals surface area contributed by atoms with Crippen LogP contribution in [0.4, 0.5) is 4.79 Å². The number of fused-ring (bicyclic) bond motifs is 5. The van der Waals surface area contributed by atoms with Gasteiger partial charge < -0.3 is 21.1 Å². The molecule has 6 aliphatic rings. The number of nitrogens with two attached hydrogens (primary N) is 2. The zero-order chi connectivity index (χ0) is 33.5. The van der Waals surface area contributed by atoms with Crippen molar-refractivity contribution in [1.82, 2.24) is 4.90 Å². The second kappa shape index (κ2) is 17.1. The molecule has 0 aliphatic heterocycles. The van der Waals surface area contributed by atoms with Gasteiger partial charge in [-0.25, -0.2) is 4.79 Å². The number of carbonyl (C=O) groups excluding carboxylic acids is 1. The normalized spacial score (nSPS) is 40.5. The number of ether oxygens (including phenoxy) is 1. The van der Waals surface area contributed by atoms with Crippen LogP contribution >= 0.6 is 24.8 Å². The van der Waals surface area contributed by atoms with E-state index in [4.69, 9.17) is 16.2 Å². The van der Waals surface area contributed by atoms with Crippen molar-refractivity contribution in [3.05, 3.63) is 11.6 Å². The predicted octanol–water partition coefficient (Wildman–Crippen LogP) is 10.6. The molecule has 0 spiro atoms. The summed E-state index contributed by atoms with van der Waals surface area (Å²) in [6.45, 7) is 16.8. The van der Waals surface area contributed by atoms with Crippen molar-refractivity contribution in [3.63, 3.8) is 0 Å². The Morgan fingerprint density at radius 1 is 0.898 bits per heavy atom. The molecule has 0 saturated heterocycles. The summed E-state index contributed by atoms with van der Waals surface area (Å²) < 4.78 is 6.38. The van der Waals surface area contributed by atoms with Gasteiger partial charge in [-0.1, -0.05) is 66.0 Å². The number of halogens is 2. The van der Waals surface area contributed by atoms with Gasteiger partial charge in [-0.05, 0) is 154 Å². The minimum atomic E-state index is -0.0710. The molecule has 9 atom stereocenters. The van der Waals surface area contributed by atoms with Crippen LogP contribution in [0.25, 0.3) is 0 Å². The molecule has 5 fully saturated rings. The maximum Gasteiger partial charge on any atom is 0.410 e. The fraction of sp³-hybridized carbons (Fsp3) is 0.929. The minimum Gasteiger partial charge on any atom is -0.446 e. The average molecular weight is 725 g/mol. The van der Waals surface area contributed by atoms with Crippen LogP contribution in [-0.2, 0) is 4.74 Å². The third-order valence-corrected chi connectivity index (χ3v) is 16.0. The second-order valence-corrected chi connectivity index (χ2v) is 19.0. The molecule has 0 aromatic heterocycles. The van der Waals surface area contributed by atoms with E-state index in [1.165, 1.54) is 57.8 Å². The Balaban J connectivity index is 0.00000270. The van der Waals surface area contributed by atoms with Gasteiger partial charge in [0.1, 0.15) is 6.10 Å². The smallest absolute Gasteiger partial charge is 0.410 e. The lowest BCUT2D eigenvalue weighted by Gasteiger charge is -2.58. The van der Waals surface area contributed by atoms with Crippen LogP contribution in [0.2, 0.25) is 0 Å². The van der Waals surface area contributed by atoms with Crippen LogP contribution in [0.15, 0.2) is 11.6 Å². The van der Waals surface area contributed by atoms with Crippen LogP contribution < -0.4 is 11.5 Å². The van der Waals surface area contributed by atoms with Crippen LogP contribution in [0, 0.1) is 64.1 Å². The first-order valence-electron chi connectivity index (χ1n) is 20.6. The van der Waals surface area contributed by atoms with Gasteiger partial charge in [0.2, 0.25) is 0 Å². The zero-order valence-electron chi connectivity index (χ0n) is 32.2. The molecular weight excluding hydrogens is 649 g/mol. The molecule has 4 N–H and O–H groups in total. The SMILES string of the molecule is CCC(CCC(C)[C@H]1CC[C@H]2[C@@H]3CC=C4C[C@@H](OC(=O)N(CCC5CC(N)C5)CCC5CC(N)C5)CC[C@]4(C)[C@H]3CC[C@]12C)C(C)C.Cl.Cl. The van der Waals surface area contributed by atoms with Gasteiger partial charge in [0, 0.05) is 31.6 Å². The Hall–Kier alpha value is -0.490. The molecule has 284 valence electrons. The second-order valence-electron chi connectivity index (χ2n) is 19.0. The molecular formula is C42H75Cl2N3O2. The van der Waals surface area contributed by atoms with Gasteiger partial charge >= 0.3 is 6.09 Å². The van der Waals surface area contributed by atoms with Crippen molar-refractivity contribution in [2.24, 2.45) is 75.6 Å². The lowest BCUT2D eigenvalue weighted by atomic mass is 9.47. The first-order chi connectivity index (χ1) is 22.4. The van der Waals surface area contributed by atoms with Crippen LogP contribution in [-0.4, -0.2) is 42.3 Å². The minimum absolute atomic E-state index is 0. The predicted molar refractivity (Wildman–Crippen MR) is 209 cm³/mol. The molecule has 2 unspecified atom stereocenters. The Bertz CT molecular complexity index is 1080. The van der Waals surface area contributed by atoms with Crippen molar-refractivity contribution in [2.75, 3.05) is 13.1 Å². The molecule has 5 nitrogen and oxygen atoms in total. The van der Waals surface area contributed by atoms with Crippen molar-refractivity contribution in [3.8, 4) is 0 Å². The third kappa shape index (κ3) is 8.67. The summed E-state index contributed by atoms with van der Waals surface area (Å²) in [6, 6.07) is 0.725.